The Balaban J connectivity index is 2.24. The van der Waals surface area contributed by atoms with Crippen LogP contribution >= 0.6 is 11.8 Å². The van der Waals surface area contributed by atoms with Crippen LogP contribution in [-0.2, 0) is 14.3 Å². The highest BCUT2D eigenvalue weighted by Gasteiger charge is 2.11. The van der Waals surface area contributed by atoms with Crippen LogP contribution in [0.15, 0.2) is 29.4 Å². The van der Waals surface area contributed by atoms with E-state index in [-0.39, 0.29) is 18.3 Å². The minimum absolute atomic E-state index is 0.0102. The second-order valence-electron chi connectivity index (χ2n) is 4.51. The molecule has 0 saturated heterocycles. The highest BCUT2D eigenvalue weighted by atomic mass is 32.2. The van der Waals surface area contributed by atoms with E-state index in [4.69, 9.17) is 4.74 Å². The van der Waals surface area contributed by atoms with Crippen LogP contribution < -0.4 is 10.0 Å². The maximum atomic E-state index is 11.4. The number of nitrogens with one attached hydrogen (secondary N) is 1. The Morgan fingerprint density at radius 3 is 2.85 bits per heavy atom. The van der Waals surface area contributed by atoms with Crippen LogP contribution in [-0.4, -0.2) is 30.8 Å². The van der Waals surface area contributed by atoms with Gasteiger partial charge in [-0.3, -0.25) is 9.59 Å². The molecule has 1 amide bonds. The number of esters is 1. The molecule has 0 aromatic carbocycles. The van der Waals surface area contributed by atoms with Crippen LogP contribution in [0.25, 0.3) is 0 Å². The summed E-state index contributed by atoms with van der Waals surface area (Å²) in [4.78, 5) is 22.8. The van der Waals surface area contributed by atoms with Gasteiger partial charge in [-0.1, -0.05) is 13.8 Å². The SMILES string of the molecule is CC(C)CNC(=O)COC(=O)CSc1cccc[n+]1[O-]. The number of thioether (sulfide) groups is 1. The number of amides is 1. The molecule has 1 N–H and O–H groups in total. The van der Waals surface area contributed by atoms with Crippen molar-refractivity contribution in [2.24, 2.45) is 5.92 Å². The van der Waals surface area contributed by atoms with Crippen LogP contribution in [0.1, 0.15) is 13.8 Å². The molecular weight excluding hydrogens is 280 g/mol. The van der Waals surface area contributed by atoms with E-state index in [0.717, 1.165) is 11.8 Å². The lowest BCUT2D eigenvalue weighted by Crippen LogP contribution is -2.32. The van der Waals surface area contributed by atoms with Gasteiger partial charge in [-0.15, -0.1) is 0 Å². The number of nitrogens with zero attached hydrogens (tertiary/aromatic N) is 1. The van der Waals surface area contributed by atoms with Gasteiger partial charge in [-0.05, 0) is 23.7 Å². The van der Waals surface area contributed by atoms with Gasteiger partial charge >= 0.3 is 5.97 Å². The lowest BCUT2D eigenvalue weighted by Gasteiger charge is -2.08. The summed E-state index contributed by atoms with van der Waals surface area (Å²) in [7, 11) is 0. The number of pyridine rings is 1. The van der Waals surface area contributed by atoms with Crippen molar-refractivity contribution in [3.05, 3.63) is 29.6 Å². The molecule has 0 bridgehead atoms. The van der Waals surface area contributed by atoms with Gasteiger partial charge in [-0.2, -0.15) is 4.73 Å². The first-order chi connectivity index (χ1) is 9.49. The van der Waals surface area contributed by atoms with Crippen molar-refractivity contribution in [2.75, 3.05) is 18.9 Å². The number of hydrogen-bond donors (Lipinski definition) is 1. The third-order valence-electron chi connectivity index (χ3n) is 2.20. The molecule has 0 aliphatic carbocycles. The predicted octanol–water partition coefficient (Wildman–Crippen LogP) is 0.727. The molecule has 0 aliphatic heterocycles. The summed E-state index contributed by atoms with van der Waals surface area (Å²) in [6.45, 7) is 4.20. The highest BCUT2D eigenvalue weighted by Crippen LogP contribution is 2.12. The molecule has 0 atom stereocenters. The summed E-state index contributed by atoms with van der Waals surface area (Å²) >= 11 is 1.07. The number of ether oxygens (including phenoxy) is 1. The Bertz CT molecular complexity index is 465. The van der Waals surface area contributed by atoms with Gasteiger partial charge in [0.1, 0.15) is 5.75 Å². The van der Waals surface area contributed by atoms with Crippen LogP contribution in [0.2, 0.25) is 0 Å². The van der Waals surface area contributed by atoms with Crippen molar-refractivity contribution in [3.63, 3.8) is 0 Å². The third-order valence-corrected chi connectivity index (χ3v) is 3.19. The summed E-state index contributed by atoms with van der Waals surface area (Å²) in [6, 6.07) is 4.93. The monoisotopic (exact) mass is 298 g/mol. The summed E-state index contributed by atoms with van der Waals surface area (Å²) in [5.74, 6) is -0.519. The number of rotatable bonds is 7. The van der Waals surface area contributed by atoms with Crippen molar-refractivity contribution >= 4 is 23.6 Å². The van der Waals surface area contributed by atoms with Crippen molar-refractivity contribution in [2.45, 2.75) is 18.9 Å². The van der Waals surface area contributed by atoms with Gasteiger partial charge in [0.05, 0.1) is 0 Å². The van der Waals surface area contributed by atoms with Gasteiger partial charge < -0.3 is 15.3 Å². The molecule has 0 spiro atoms. The van der Waals surface area contributed by atoms with Crippen molar-refractivity contribution in [3.8, 4) is 0 Å². The first-order valence-electron chi connectivity index (χ1n) is 6.22. The van der Waals surface area contributed by atoms with Crippen molar-refractivity contribution in [1.29, 1.82) is 0 Å². The Kier molecular flexibility index (Phi) is 6.86. The molecular formula is C13H18N2O4S. The zero-order chi connectivity index (χ0) is 15.0. The molecule has 0 fully saturated rings. The van der Waals surface area contributed by atoms with Gasteiger partial charge in [0.25, 0.3) is 10.9 Å². The summed E-state index contributed by atoms with van der Waals surface area (Å²) < 4.78 is 5.49. The van der Waals surface area contributed by atoms with Crippen LogP contribution in [0.4, 0.5) is 0 Å². The maximum Gasteiger partial charge on any atom is 0.317 e. The van der Waals surface area contributed by atoms with Gasteiger partial charge in [0.2, 0.25) is 0 Å². The fraction of sp³-hybridized carbons (Fsp3) is 0.462. The maximum absolute atomic E-state index is 11.4. The van der Waals surface area contributed by atoms with Crippen molar-refractivity contribution < 1.29 is 19.1 Å². The normalized spacial score (nSPS) is 10.3. The van der Waals surface area contributed by atoms with Gasteiger partial charge in [0, 0.05) is 18.7 Å². The Morgan fingerprint density at radius 1 is 1.45 bits per heavy atom. The number of aromatic nitrogens is 1. The molecule has 1 aromatic rings. The molecule has 6 nitrogen and oxygen atoms in total. The molecule has 1 aromatic heterocycles. The standard InChI is InChI=1S/C13H18N2O4S/c1-10(2)7-14-11(16)8-19-13(17)9-20-12-5-3-4-6-15(12)18/h3-6,10H,7-9H2,1-2H3,(H,14,16). The van der Waals surface area contributed by atoms with E-state index in [1.165, 1.54) is 6.20 Å². The molecule has 110 valence electrons. The largest absolute Gasteiger partial charge is 0.618 e. The number of carbonyl (C=O) groups excluding carboxylic acids is 2. The zero-order valence-corrected chi connectivity index (χ0v) is 12.3. The highest BCUT2D eigenvalue weighted by molar-refractivity contribution is 7.99. The van der Waals surface area contributed by atoms with E-state index in [2.05, 4.69) is 5.32 Å². The van der Waals surface area contributed by atoms with E-state index < -0.39 is 5.97 Å². The average molecular weight is 298 g/mol. The average Bonchev–Trinajstić information content (AvgIpc) is 2.42. The minimum Gasteiger partial charge on any atom is -0.618 e. The molecule has 7 heteroatoms. The fourth-order valence-electron chi connectivity index (χ4n) is 1.21. The molecule has 0 aliphatic rings. The minimum atomic E-state index is -0.529. The molecule has 20 heavy (non-hydrogen) atoms. The fourth-order valence-corrected chi connectivity index (χ4v) is 1.93. The van der Waals surface area contributed by atoms with Gasteiger partial charge in [-0.25, -0.2) is 0 Å². The lowest BCUT2D eigenvalue weighted by atomic mass is 10.2. The Morgan fingerprint density at radius 2 is 2.20 bits per heavy atom. The van der Waals surface area contributed by atoms with Crippen LogP contribution in [0.5, 0.6) is 0 Å². The third kappa shape index (κ3) is 6.42. The van der Waals surface area contributed by atoms with Gasteiger partial charge in [0.15, 0.2) is 12.8 Å². The van der Waals surface area contributed by atoms with E-state index in [1.807, 2.05) is 13.8 Å². The number of hydrogen-bond acceptors (Lipinski definition) is 5. The smallest absolute Gasteiger partial charge is 0.317 e. The van der Waals surface area contributed by atoms with Crippen LogP contribution in [0.3, 0.4) is 0 Å². The Hall–Kier alpha value is -1.76. The zero-order valence-electron chi connectivity index (χ0n) is 11.5. The molecule has 0 unspecified atom stereocenters. The summed E-state index contributed by atoms with van der Waals surface area (Å²) in [5, 5.41) is 14.4. The predicted molar refractivity (Wildman–Crippen MR) is 74.9 cm³/mol. The first-order valence-corrected chi connectivity index (χ1v) is 7.21. The lowest BCUT2D eigenvalue weighted by molar-refractivity contribution is -0.645. The first kappa shape index (κ1) is 16.3. The summed E-state index contributed by atoms with van der Waals surface area (Å²) in [6.07, 6.45) is 1.35. The Labute approximate surface area is 122 Å². The van der Waals surface area contributed by atoms with E-state index in [9.17, 15) is 14.8 Å². The molecule has 0 radical (unpaired) electrons. The molecule has 1 rings (SSSR count). The second-order valence-corrected chi connectivity index (χ2v) is 5.51. The quantitative estimate of drug-likeness (QED) is 0.347. The second kappa shape index (κ2) is 8.42. The van der Waals surface area contributed by atoms with Crippen molar-refractivity contribution in [1.82, 2.24) is 5.32 Å². The summed E-state index contributed by atoms with van der Waals surface area (Å²) in [5.41, 5.74) is 0. The molecule has 1 heterocycles. The van der Waals surface area contributed by atoms with E-state index >= 15 is 0 Å². The van der Waals surface area contributed by atoms with Crippen LogP contribution in [0, 0.1) is 11.1 Å². The van der Waals surface area contributed by atoms with E-state index in [0.29, 0.717) is 22.2 Å². The topological polar surface area (TPSA) is 82.3 Å². The number of carbonyl (C=O) groups is 2. The van der Waals surface area contributed by atoms with E-state index in [1.54, 1.807) is 18.2 Å². The molecule has 0 saturated carbocycles.